The molecule has 1 saturated heterocycles. The van der Waals surface area contributed by atoms with Gasteiger partial charge in [-0.1, -0.05) is 24.8 Å². The van der Waals surface area contributed by atoms with Crippen LogP contribution in [0.25, 0.3) is 16.6 Å². The van der Waals surface area contributed by atoms with Gasteiger partial charge in [-0.2, -0.15) is 5.10 Å². The van der Waals surface area contributed by atoms with E-state index in [9.17, 15) is 4.79 Å². The van der Waals surface area contributed by atoms with E-state index in [2.05, 4.69) is 21.6 Å². The molecule has 3 aromatic rings. The van der Waals surface area contributed by atoms with Gasteiger partial charge in [0, 0.05) is 25.8 Å². The van der Waals surface area contributed by atoms with Gasteiger partial charge in [0.2, 0.25) is 0 Å². The van der Waals surface area contributed by atoms with Gasteiger partial charge in [0.05, 0.1) is 25.5 Å². The second-order valence-electron chi connectivity index (χ2n) is 7.72. The summed E-state index contributed by atoms with van der Waals surface area (Å²) >= 11 is 0. The smallest absolute Gasteiger partial charge is 0.262 e. The van der Waals surface area contributed by atoms with E-state index in [0.717, 1.165) is 29.6 Å². The van der Waals surface area contributed by atoms with Gasteiger partial charge in [-0.3, -0.25) is 9.78 Å². The first kappa shape index (κ1) is 21.7. The lowest BCUT2D eigenvalue weighted by molar-refractivity contribution is 0.0673. The van der Waals surface area contributed by atoms with Crippen LogP contribution in [0.15, 0.2) is 59.8 Å². The summed E-state index contributed by atoms with van der Waals surface area (Å²) in [4.78, 5) is 24.7. The molecule has 166 valence electrons. The normalized spacial score (nSPS) is 15.8. The summed E-state index contributed by atoms with van der Waals surface area (Å²) in [6.45, 7) is 7.17. The summed E-state index contributed by atoms with van der Waals surface area (Å²) in [5.41, 5.74) is 3.36. The zero-order valence-electron chi connectivity index (χ0n) is 18.4. The Balaban J connectivity index is 1.75. The van der Waals surface area contributed by atoms with E-state index in [1.165, 1.54) is 0 Å². The van der Waals surface area contributed by atoms with Crippen LogP contribution in [0.3, 0.4) is 0 Å². The molecule has 0 unspecified atom stereocenters. The van der Waals surface area contributed by atoms with Crippen LogP contribution >= 0.6 is 0 Å². The number of fused-ring (bicyclic) bond motifs is 1. The molecule has 1 aliphatic rings. The number of pyridine rings is 1. The van der Waals surface area contributed by atoms with Crippen molar-refractivity contribution in [3.05, 3.63) is 76.8 Å². The zero-order chi connectivity index (χ0) is 22.5. The molecular formula is C24H27N5O3. The van der Waals surface area contributed by atoms with Crippen LogP contribution in [0.5, 0.6) is 5.75 Å². The number of methoxy groups -OCH3 is 1. The van der Waals surface area contributed by atoms with Gasteiger partial charge < -0.3 is 14.5 Å². The SMILES string of the molecule is C=C/C=C\C(Cc1nc2c(cnn2C2CCOCC2)c(=O)[nH]1)=C(/C)c1cncc(OC)c1. The van der Waals surface area contributed by atoms with Crippen molar-refractivity contribution in [3.8, 4) is 5.75 Å². The highest BCUT2D eigenvalue weighted by Gasteiger charge is 2.21. The lowest BCUT2D eigenvalue weighted by Gasteiger charge is -2.22. The molecule has 4 heterocycles. The predicted octanol–water partition coefficient (Wildman–Crippen LogP) is 3.63. The van der Waals surface area contributed by atoms with Crippen LogP contribution in [0, 0.1) is 0 Å². The number of ether oxygens (including phenoxy) is 2. The fourth-order valence-corrected chi connectivity index (χ4v) is 3.86. The van der Waals surface area contributed by atoms with Crippen LogP contribution in [-0.4, -0.2) is 45.1 Å². The molecule has 1 fully saturated rings. The maximum absolute atomic E-state index is 12.8. The Morgan fingerprint density at radius 1 is 1.34 bits per heavy atom. The molecule has 32 heavy (non-hydrogen) atoms. The summed E-state index contributed by atoms with van der Waals surface area (Å²) in [5, 5.41) is 4.97. The first-order valence-corrected chi connectivity index (χ1v) is 10.6. The second kappa shape index (κ2) is 9.74. The Morgan fingerprint density at radius 2 is 2.16 bits per heavy atom. The van der Waals surface area contributed by atoms with E-state index in [1.54, 1.807) is 31.8 Å². The zero-order valence-corrected chi connectivity index (χ0v) is 18.4. The number of nitrogens with one attached hydrogen (secondary N) is 1. The van der Waals surface area contributed by atoms with Crippen LogP contribution in [0.1, 0.15) is 37.2 Å². The van der Waals surface area contributed by atoms with Gasteiger partial charge in [-0.25, -0.2) is 9.67 Å². The predicted molar refractivity (Wildman–Crippen MR) is 124 cm³/mol. The number of allylic oxidation sites excluding steroid dienone is 5. The van der Waals surface area contributed by atoms with Crippen LogP contribution in [0.2, 0.25) is 0 Å². The third-order valence-electron chi connectivity index (χ3n) is 5.70. The van der Waals surface area contributed by atoms with Gasteiger partial charge in [0.1, 0.15) is 17.0 Å². The molecule has 4 rings (SSSR count). The van der Waals surface area contributed by atoms with Crippen molar-refractivity contribution < 1.29 is 9.47 Å². The Bertz CT molecular complexity index is 1230. The first-order valence-electron chi connectivity index (χ1n) is 10.6. The number of aromatic amines is 1. The van der Waals surface area contributed by atoms with E-state index in [0.29, 0.717) is 42.2 Å². The Kier molecular flexibility index (Phi) is 6.61. The van der Waals surface area contributed by atoms with Crippen molar-refractivity contribution in [3.63, 3.8) is 0 Å². The van der Waals surface area contributed by atoms with Crippen molar-refractivity contribution in [1.29, 1.82) is 0 Å². The number of hydrogen-bond acceptors (Lipinski definition) is 6. The van der Waals surface area contributed by atoms with E-state index in [1.807, 2.05) is 29.8 Å². The molecule has 0 saturated carbocycles. The Labute approximate surface area is 186 Å². The monoisotopic (exact) mass is 433 g/mol. The minimum absolute atomic E-state index is 0.184. The molecule has 0 aliphatic carbocycles. The molecule has 0 bridgehead atoms. The molecule has 1 N–H and O–H groups in total. The lowest BCUT2D eigenvalue weighted by atomic mass is 9.99. The molecule has 0 amide bonds. The topological polar surface area (TPSA) is 94.9 Å². The van der Waals surface area contributed by atoms with Gasteiger partial charge >= 0.3 is 0 Å². The maximum Gasteiger partial charge on any atom is 0.262 e. The molecule has 0 atom stereocenters. The average molecular weight is 434 g/mol. The highest BCUT2D eigenvalue weighted by Crippen LogP contribution is 2.25. The minimum Gasteiger partial charge on any atom is -0.495 e. The molecule has 0 aromatic carbocycles. The molecule has 8 nitrogen and oxygen atoms in total. The fourth-order valence-electron chi connectivity index (χ4n) is 3.86. The molecule has 1 aliphatic heterocycles. The fraction of sp³-hybridized carbons (Fsp3) is 0.333. The second-order valence-corrected chi connectivity index (χ2v) is 7.72. The van der Waals surface area contributed by atoms with Crippen LogP contribution in [0.4, 0.5) is 0 Å². The Morgan fingerprint density at radius 3 is 2.91 bits per heavy atom. The van der Waals surface area contributed by atoms with Gasteiger partial charge in [-0.15, -0.1) is 0 Å². The number of nitrogens with zero attached hydrogens (tertiary/aromatic N) is 4. The average Bonchev–Trinajstić information content (AvgIpc) is 3.26. The summed E-state index contributed by atoms with van der Waals surface area (Å²) < 4.78 is 12.7. The number of hydrogen-bond donors (Lipinski definition) is 1. The standard InChI is InChI=1S/C24H27N5O3/c1-4-5-6-17(16(2)18-11-20(31-3)14-25-13-18)12-22-27-23-21(24(30)28-22)15-26-29(23)19-7-9-32-10-8-19/h4-6,11,13-15,19H,1,7-10,12H2,2-3H3,(H,27,28,30)/b6-5-,17-16-. The van der Waals surface area contributed by atoms with E-state index < -0.39 is 0 Å². The van der Waals surface area contributed by atoms with Crippen LogP contribution in [-0.2, 0) is 11.2 Å². The molecule has 0 spiro atoms. The van der Waals surface area contributed by atoms with Crippen molar-refractivity contribution in [2.24, 2.45) is 0 Å². The number of rotatable bonds is 7. The summed E-state index contributed by atoms with van der Waals surface area (Å²) in [6.07, 6.45) is 12.8. The largest absolute Gasteiger partial charge is 0.495 e. The molecular weight excluding hydrogens is 406 g/mol. The quantitative estimate of drug-likeness (QED) is 0.572. The lowest BCUT2D eigenvalue weighted by Crippen LogP contribution is -2.21. The minimum atomic E-state index is -0.184. The van der Waals surface area contributed by atoms with E-state index >= 15 is 0 Å². The molecule has 0 radical (unpaired) electrons. The first-order chi connectivity index (χ1) is 15.6. The van der Waals surface area contributed by atoms with E-state index in [4.69, 9.17) is 14.5 Å². The third kappa shape index (κ3) is 4.55. The number of aromatic nitrogens is 5. The van der Waals surface area contributed by atoms with Crippen molar-refractivity contribution in [2.75, 3.05) is 20.3 Å². The third-order valence-corrected chi connectivity index (χ3v) is 5.70. The molecule has 3 aromatic heterocycles. The van der Waals surface area contributed by atoms with Crippen LogP contribution < -0.4 is 10.3 Å². The summed E-state index contributed by atoms with van der Waals surface area (Å²) in [7, 11) is 1.61. The highest BCUT2D eigenvalue weighted by atomic mass is 16.5. The number of H-pyrrole nitrogens is 1. The van der Waals surface area contributed by atoms with Gasteiger partial charge in [0.15, 0.2) is 5.65 Å². The van der Waals surface area contributed by atoms with Crippen molar-refractivity contribution >= 4 is 16.6 Å². The van der Waals surface area contributed by atoms with Gasteiger partial charge in [0.25, 0.3) is 5.56 Å². The van der Waals surface area contributed by atoms with Gasteiger partial charge in [-0.05, 0) is 42.5 Å². The van der Waals surface area contributed by atoms with Crippen molar-refractivity contribution in [1.82, 2.24) is 24.7 Å². The van der Waals surface area contributed by atoms with Crippen molar-refractivity contribution in [2.45, 2.75) is 32.2 Å². The maximum atomic E-state index is 12.8. The summed E-state index contributed by atoms with van der Waals surface area (Å²) in [6, 6.07) is 2.12. The van der Waals surface area contributed by atoms with E-state index in [-0.39, 0.29) is 11.6 Å². The highest BCUT2D eigenvalue weighted by molar-refractivity contribution is 5.74. The summed E-state index contributed by atoms with van der Waals surface area (Å²) in [5.74, 6) is 1.26. The molecule has 8 heteroatoms. The Hall–Kier alpha value is -3.52.